The SMILES string of the molecule is CCc1c(C)c2ccc(NC(=O)Cn3cccn3)cc2[nH]c1=O. The number of fused-ring (bicyclic) bond motifs is 1. The number of aryl methyl sites for hydroxylation is 1. The number of aromatic amines is 1. The van der Waals surface area contributed by atoms with E-state index < -0.39 is 0 Å². The Labute approximate surface area is 133 Å². The van der Waals surface area contributed by atoms with Crippen LogP contribution in [0.4, 0.5) is 5.69 Å². The molecule has 3 aromatic rings. The molecule has 2 N–H and O–H groups in total. The molecule has 6 nitrogen and oxygen atoms in total. The van der Waals surface area contributed by atoms with Crippen LogP contribution >= 0.6 is 0 Å². The van der Waals surface area contributed by atoms with Crippen LogP contribution in [0.3, 0.4) is 0 Å². The van der Waals surface area contributed by atoms with E-state index in [2.05, 4.69) is 15.4 Å². The van der Waals surface area contributed by atoms with Crippen molar-refractivity contribution in [3.8, 4) is 0 Å². The number of hydrogen-bond acceptors (Lipinski definition) is 3. The van der Waals surface area contributed by atoms with Gasteiger partial charge in [0.15, 0.2) is 0 Å². The first-order valence-electron chi connectivity index (χ1n) is 7.51. The van der Waals surface area contributed by atoms with Crippen molar-refractivity contribution in [1.82, 2.24) is 14.8 Å². The molecule has 0 atom stereocenters. The molecule has 118 valence electrons. The fourth-order valence-electron chi connectivity index (χ4n) is 2.75. The van der Waals surface area contributed by atoms with E-state index in [1.54, 1.807) is 29.2 Å². The number of carbonyl (C=O) groups is 1. The quantitative estimate of drug-likeness (QED) is 0.775. The maximum absolute atomic E-state index is 12.1. The third-order valence-corrected chi connectivity index (χ3v) is 3.90. The second-order valence-corrected chi connectivity index (χ2v) is 5.42. The first kappa shape index (κ1) is 15.0. The standard InChI is InChI=1S/C17H18N4O2/c1-3-13-11(2)14-6-5-12(9-15(14)20-17(13)23)19-16(22)10-21-8-4-7-18-21/h4-9H,3,10H2,1-2H3,(H,19,22)(H,20,23). The Hall–Kier alpha value is -2.89. The summed E-state index contributed by atoms with van der Waals surface area (Å²) in [5.74, 6) is -0.169. The highest BCUT2D eigenvalue weighted by Crippen LogP contribution is 2.21. The number of nitrogens with one attached hydrogen (secondary N) is 2. The van der Waals surface area contributed by atoms with Crippen LogP contribution < -0.4 is 10.9 Å². The maximum atomic E-state index is 12.1. The van der Waals surface area contributed by atoms with Crippen LogP contribution in [0.5, 0.6) is 0 Å². The molecule has 23 heavy (non-hydrogen) atoms. The molecule has 0 fully saturated rings. The highest BCUT2D eigenvalue weighted by molar-refractivity contribution is 5.94. The Kier molecular flexibility index (Phi) is 3.97. The highest BCUT2D eigenvalue weighted by Gasteiger charge is 2.09. The molecule has 0 aliphatic carbocycles. The molecular weight excluding hydrogens is 292 g/mol. The van der Waals surface area contributed by atoms with Gasteiger partial charge in [-0.15, -0.1) is 0 Å². The van der Waals surface area contributed by atoms with E-state index in [1.165, 1.54) is 0 Å². The van der Waals surface area contributed by atoms with Gasteiger partial charge in [0.05, 0.1) is 5.52 Å². The molecule has 0 aliphatic heterocycles. The number of H-pyrrole nitrogens is 1. The van der Waals surface area contributed by atoms with Gasteiger partial charge in [-0.05, 0) is 37.1 Å². The van der Waals surface area contributed by atoms with Crippen LogP contribution in [0.15, 0.2) is 41.5 Å². The van der Waals surface area contributed by atoms with Crippen LogP contribution in [0.2, 0.25) is 0 Å². The molecule has 0 radical (unpaired) electrons. The van der Waals surface area contributed by atoms with Crippen LogP contribution in [0, 0.1) is 6.92 Å². The zero-order valence-corrected chi connectivity index (χ0v) is 13.1. The summed E-state index contributed by atoms with van der Waals surface area (Å²) < 4.78 is 1.55. The molecule has 0 aliphatic rings. The van der Waals surface area contributed by atoms with Crippen molar-refractivity contribution >= 4 is 22.5 Å². The number of anilines is 1. The minimum Gasteiger partial charge on any atom is -0.324 e. The Balaban J connectivity index is 1.88. The Morgan fingerprint density at radius 1 is 1.39 bits per heavy atom. The summed E-state index contributed by atoms with van der Waals surface area (Å²) in [6.07, 6.45) is 4.05. The van der Waals surface area contributed by atoms with Gasteiger partial charge in [0, 0.05) is 29.0 Å². The van der Waals surface area contributed by atoms with E-state index in [9.17, 15) is 9.59 Å². The first-order valence-corrected chi connectivity index (χ1v) is 7.51. The van der Waals surface area contributed by atoms with Crippen molar-refractivity contribution in [1.29, 1.82) is 0 Å². The molecule has 0 bridgehead atoms. The van der Waals surface area contributed by atoms with Gasteiger partial charge in [-0.3, -0.25) is 14.3 Å². The molecule has 3 rings (SSSR count). The number of amides is 1. The average molecular weight is 310 g/mol. The summed E-state index contributed by atoms with van der Waals surface area (Å²) in [5.41, 5.74) is 3.08. The second kappa shape index (κ2) is 6.08. The number of aromatic nitrogens is 3. The molecule has 0 spiro atoms. The van der Waals surface area contributed by atoms with Gasteiger partial charge in [-0.1, -0.05) is 13.0 Å². The number of carbonyl (C=O) groups excluding carboxylic acids is 1. The molecule has 6 heteroatoms. The van der Waals surface area contributed by atoms with E-state index in [1.807, 2.05) is 26.0 Å². The smallest absolute Gasteiger partial charge is 0.251 e. The van der Waals surface area contributed by atoms with E-state index in [4.69, 9.17) is 0 Å². The molecule has 1 aromatic carbocycles. The van der Waals surface area contributed by atoms with Crippen LogP contribution in [-0.2, 0) is 17.8 Å². The van der Waals surface area contributed by atoms with Crippen molar-refractivity contribution in [3.05, 3.63) is 58.1 Å². The van der Waals surface area contributed by atoms with Crippen molar-refractivity contribution in [2.45, 2.75) is 26.8 Å². The van der Waals surface area contributed by atoms with Crippen molar-refractivity contribution in [2.75, 3.05) is 5.32 Å². The lowest BCUT2D eigenvalue weighted by atomic mass is 10.0. The minimum absolute atomic E-state index is 0.0717. The van der Waals surface area contributed by atoms with Gasteiger partial charge in [-0.25, -0.2) is 0 Å². The monoisotopic (exact) mass is 310 g/mol. The van der Waals surface area contributed by atoms with Gasteiger partial charge >= 0.3 is 0 Å². The fraction of sp³-hybridized carbons (Fsp3) is 0.235. The number of hydrogen-bond donors (Lipinski definition) is 2. The topological polar surface area (TPSA) is 79.8 Å². The zero-order chi connectivity index (χ0) is 16.4. The summed E-state index contributed by atoms with van der Waals surface area (Å²) >= 11 is 0. The molecular formula is C17H18N4O2. The average Bonchev–Trinajstić information content (AvgIpc) is 3.00. The van der Waals surface area contributed by atoms with Crippen molar-refractivity contribution in [3.63, 3.8) is 0 Å². The lowest BCUT2D eigenvalue weighted by molar-refractivity contribution is -0.116. The summed E-state index contributed by atoms with van der Waals surface area (Å²) in [5, 5.41) is 7.81. The third kappa shape index (κ3) is 3.01. The van der Waals surface area contributed by atoms with Gasteiger partial charge in [0.2, 0.25) is 5.91 Å². The summed E-state index contributed by atoms with van der Waals surface area (Å²) in [4.78, 5) is 27.0. The molecule has 0 saturated carbocycles. The first-order chi connectivity index (χ1) is 11.1. The molecule has 1 amide bonds. The summed E-state index contributed by atoms with van der Waals surface area (Å²) in [6, 6.07) is 7.31. The fourth-order valence-corrected chi connectivity index (χ4v) is 2.75. The molecule has 2 heterocycles. The molecule has 0 unspecified atom stereocenters. The van der Waals surface area contributed by atoms with Gasteiger partial charge in [-0.2, -0.15) is 5.10 Å². The van der Waals surface area contributed by atoms with Crippen molar-refractivity contribution < 1.29 is 4.79 Å². The van der Waals surface area contributed by atoms with Crippen LogP contribution in [-0.4, -0.2) is 20.7 Å². The lowest BCUT2D eigenvalue weighted by Crippen LogP contribution is -2.19. The lowest BCUT2D eigenvalue weighted by Gasteiger charge is -2.10. The van der Waals surface area contributed by atoms with E-state index in [-0.39, 0.29) is 18.0 Å². The second-order valence-electron chi connectivity index (χ2n) is 5.42. The van der Waals surface area contributed by atoms with E-state index in [0.29, 0.717) is 12.1 Å². The van der Waals surface area contributed by atoms with Crippen molar-refractivity contribution in [2.24, 2.45) is 0 Å². The van der Waals surface area contributed by atoms with E-state index >= 15 is 0 Å². The number of nitrogens with zero attached hydrogens (tertiary/aromatic N) is 2. The normalized spacial score (nSPS) is 10.9. The predicted molar refractivity (Wildman–Crippen MR) is 89.5 cm³/mol. The van der Waals surface area contributed by atoms with Gasteiger partial charge in [0.25, 0.3) is 5.56 Å². The Morgan fingerprint density at radius 3 is 2.91 bits per heavy atom. The highest BCUT2D eigenvalue weighted by atomic mass is 16.2. The number of rotatable bonds is 4. The van der Waals surface area contributed by atoms with Gasteiger partial charge in [0.1, 0.15) is 6.54 Å². The number of benzene rings is 1. The summed E-state index contributed by atoms with van der Waals surface area (Å²) in [7, 11) is 0. The minimum atomic E-state index is -0.169. The maximum Gasteiger partial charge on any atom is 0.251 e. The molecule has 0 saturated heterocycles. The third-order valence-electron chi connectivity index (χ3n) is 3.90. The predicted octanol–water partition coefficient (Wildman–Crippen LogP) is 2.23. The Morgan fingerprint density at radius 2 is 2.22 bits per heavy atom. The molecule has 2 aromatic heterocycles. The number of pyridine rings is 1. The van der Waals surface area contributed by atoms with E-state index in [0.717, 1.165) is 22.0 Å². The van der Waals surface area contributed by atoms with Crippen LogP contribution in [0.25, 0.3) is 10.9 Å². The Bertz CT molecular complexity index is 910. The van der Waals surface area contributed by atoms with Gasteiger partial charge < -0.3 is 10.3 Å². The largest absolute Gasteiger partial charge is 0.324 e. The zero-order valence-electron chi connectivity index (χ0n) is 13.1. The van der Waals surface area contributed by atoms with Crippen LogP contribution in [0.1, 0.15) is 18.1 Å². The summed E-state index contributed by atoms with van der Waals surface area (Å²) in [6.45, 7) is 4.06.